The lowest BCUT2D eigenvalue weighted by atomic mass is 9.81. The Morgan fingerprint density at radius 3 is 2.21 bits per heavy atom. The highest BCUT2D eigenvalue weighted by Gasteiger charge is 2.34. The van der Waals surface area contributed by atoms with Crippen molar-refractivity contribution in [1.82, 2.24) is 0 Å². The molecule has 0 saturated carbocycles. The molecule has 180 valence electrons. The van der Waals surface area contributed by atoms with Crippen LogP contribution in [0.25, 0.3) is 0 Å². The van der Waals surface area contributed by atoms with Gasteiger partial charge in [-0.1, -0.05) is 108 Å². The number of hydrogen-bond donors (Lipinski definition) is 1. The maximum atomic E-state index is 10.4. The van der Waals surface area contributed by atoms with Crippen LogP contribution in [0.1, 0.15) is 75.5 Å². The standard InChI is InChI=1S/C31H39O2P/c1-21(2)31(8,34-28-17-13-12-16-26(28)23(4)32)27-19-25(30(5,6)7)18-22(3)29(27)33-20-24-14-10-9-11-15-24/h9-19,23,32,34H,1,20H2,2-8H3. The lowest BCUT2D eigenvalue weighted by Gasteiger charge is -2.36. The molecule has 0 amide bonds. The molecule has 3 rings (SSSR count). The molecule has 3 unspecified atom stereocenters. The second kappa shape index (κ2) is 10.5. The van der Waals surface area contributed by atoms with Gasteiger partial charge in [-0.15, -0.1) is 0 Å². The van der Waals surface area contributed by atoms with E-state index in [9.17, 15) is 5.11 Å². The third-order valence-corrected chi connectivity index (χ3v) is 8.48. The lowest BCUT2D eigenvalue weighted by Crippen LogP contribution is -2.25. The molecule has 3 heteroatoms. The zero-order chi connectivity index (χ0) is 25.1. The number of aryl methyl sites for hydroxylation is 1. The molecule has 3 aromatic carbocycles. The van der Waals surface area contributed by atoms with Crippen LogP contribution in [0.5, 0.6) is 5.75 Å². The van der Waals surface area contributed by atoms with Crippen LogP contribution in [0.15, 0.2) is 78.9 Å². The first-order chi connectivity index (χ1) is 15.9. The first-order valence-electron chi connectivity index (χ1n) is 12.0. The van der Waals surface area contributed by atoms with Gasteiger partial charge in [0, 0.05) is 10.7 Å². The van der Waals surface area contributed by atoms with Crippen LogP contribution < -0.4 is 10.0 Å². The van der Waals surface area contributed by atoms with Gasteiger partial charge in [-0.25, -0.2) is 0 Å². The topological polar surface area (TPSA) is 29.5 Å². The van der Waals surface area contributed by atoms with Crippen LogP contribution >= 0.6 is 8.58 Å². The van der Waals surface area contributed by atoms with Gasteiger partial charge in [-0.2, -0.15) is 0 Å². The highest BCUT2D eigenvalue weighted by atomic mass is 31.1. The molecular formula is C31H39O2P. The van der Waals surface area contributed by atoms with Crippen molar-refractivity contribution >= 4 is 13.9 Å². The SMILES string of the molecule is C=C(C)C(C)(Pc1ccccc1C(C)O)c1cc(C(C)(C)C)cc(C)c1OCc1ccccc1. The molecule has 1 N–H and O–H groups in total. The van der Waals surface area contributed by atoms with Gasteiger partial charge >= 0.3 is 0 Å². The number of aliphatic hydroxyl groups is 1. The average molecular weight is 475 g/mol. The third-order valence-electron chi connectivity index (χ3n) is 6.55. The van der Waals surface area contributed by atoms with Gasteiger partial charge in [0.15, 0.2) is 0 Å². The predicted molar refractivity (Wildman–Crippen MR) is 148 cm³/mol. The summed E-state index contributed by atoms with van der Waals surface area (Å²) < 4.78 is 6.55. The molecule has 0 aliphatic carbocycles. The number of ether oxygens (including phenoxy) is 1. The van der Waals surface area contributed by atoms with Crippen LogP contribution in [0, 0.1) is 6.92 Å². The molecule has 0 spiro atoms. The quantitative estimate of drug-likeness (QED) is 0.267. The van der Waals surface area contributed by atoms with Crippen molar-refractivity contribution in [3.63, 3.8) is 0 Å². The maximum absolute atomic E-state index is 10.4. The molecule has 3 aromatic rings. The molecular weight excluding hydrogens is 435 g/mol. The van der Waals surface area contributed by atoms with E-state index < -0.39 is 6.10 Å². The van der Waals surface area contributed by atoms with Crippen molar-refractivity contribution in [2.45, 2.75) is 71.7 Å². The summed E-state index contributed by atoms with van der Waals surface area (Å²) in [5.41, 5.74) is 6.80. The van der Waals surface area contributed by atoms with E-state index in [1.807, 2.05) is 37.3 Å². The Hall–Kier alpha value is -2.41. The van der Waals surface area contributed by atoms with E-state index in [1.54, 1.807) is 0 Å². The van der Waals surface area contributed by atoms with Crippen molar-refractivity contribution in [3.8, 4) is 5.75 Å². The fourth-order valence-corrected chi connectivity index (χ4v) is 5.84. The summed E-state index contributed by atoms with van der Waals surface area (Å²) in [5, 5.41) is 11.2. The number of rotatable bonds is 8. The zero-order valence-electron chi connectivity index (χ0n) is 21.7. The lowest BCUT2D eigenvalue weighted by molar-refractivity contribution is 0.200. The Labute approximate surface area is 207 Å². The minimum absolute atomic E-state index is 0.00802. The molecule has 0 aromatic heterocycles. The molecule has 0 aliphatic rings. The third kappa shape index (κ3) is 5.80. The minimum Gasteiger partial charge on any atom is -0.488 e. The number of benzene rings is 3. The summed E-state index contributed by atoms with van der Waals surface area (Å²) in [7, 11) is 0.402. The van der Waals surface area contributed by atoms with E-state index >= 15 is 0 Å². The van der Waals surface area contributed by atoms with Crippen molar-refractivity contribution in [2.24, 2.45) is 0 Å². The van der Waals surface area contributed by atoms with E-state index in [2.05, 4.69) is 84.5 Å². The van der Waals surface area contributed by atoms with Crippen LogP contribution in [-0.2, 0) is 17.2 Å². The van der Waals surface area contributed by atoms with Gasteiger partial charge in [0.25, 0.3) is 0 Å². The van der Waals surface area contributed by atoms with Crippen LogP contribution in [0.4, 0.5) is 0 Å². The number of allylic oxidation sites excluding steroid dienone is 1. The second-order valence-corrected chi connectivity index (χ2v) is 12.3. The zero-order valence-corrected chi connectivity index (χ0v) is 22.7. The molecule has 0 radical (unpaired) electrons. The van der Waals surface area contributed by atoms with Gasteiger partial charge < -0.3 is 9.84 Å². The van der Waals surface area contributed by atoms with Gasteiger partial charge in [-0.3, -0.25) is 0 Å². The van der Waals surface area contributed by atoms with Crippen molar-refractivity contribution < 1.29 is 9.84 Å². The Kier molecular flexibility index (Phi) is 8.06. The van der Waals surface area contributed by atoms with Crippen LogP contribution in [-0.4, -0.2) is 5.11 Å². The monoisotopic (exact) mass is 474 g/mol. The fraction of sp³-hybridized carbons (Fsp3) is 0.355. The summed E-state index contributed by atoms with van der Waals surface area (Å²) in [4.78, 5) is 0. The molecule has 3 atom stereocenters. The highest BCUT2D eigenvalue weighted by molar-refractivity contribution is 7.49. The molecule has 0 saturated heterocycles. The molecule has 0 fully saturated rings. The van der Waals surface area contributed by atoms with Crippen LogP contribution in [0.3, 0.4) is 0 Å². The highest BCUT2D eigenvalue weighted by Crippen LogP contribution is 2.51. The molecule has 0 aliphatic heterocycles. The minimum atomic E-state index is -0.519. The van der Waals surface area contributed by atoms with E-state index in [-0.39, 0.29) is 10.6 Å². The summed E-state index contributed by atoms with van der Waals surface area (Å²) in [5.74, 6) is 0.935. The van der Waals surface area contributed by atoms with Crippen molar-refractivity contribution in [1.29, 1.82) is 0 Å². The summed E-state index contributed by atoms with van der Waals surface area (Å²) in [6.45, 7) is 20.1. The van der Waals surface area contributed by atoms with Crippen LogP contribution in [0.2, 0.25) is 0 Å². The van der Waals surface area contributed by atoms with E-state index in [1.165, 1.54) is 11.1 Å². The number of hydrogen-bond acceptors (Lipinski definition) is 2. The summed E-state index contributed by atoms with van der Waals surface area (Å²) in [6, 6.07) is 23.1. The van der Waals surface area contributed by atoms with Crippen molar-refractivity contribution in [2.75, 3.05) is 0 Å². The first-order valence-corrected chi connectivity index (χ1v) is 13.0. The van der Waals surface area contributed by atoms with Crippen molar-refractivity contribution in [3.05, 3.63) is 107 Å². The van der Waals surface area contributed by atoms with E-state index in [0.29, 0.717) is 15.2 Å². The average Bonchev–Trinajstić information content (AvgIpc) is 2.77. The Bertz CT molecular complexity index is 1140. The summed E-state index contributed by atoms with van der Waals surface area (Å²) in [6.07, 6.45) is -0.519. The number of aliphatic hydroxyl groups excluding tert-OH is 1. The predicted octanol–water partition coefficient (Wildman–Crippen LogP) is 7.72. The van der Waals surface area contributed by atoms with Gasteiger partial charge in [0.1, 0.15) is 12.4 Å². The van der Waals surface area contributed by atoms with Gasteiger partial charge in [0.05, 0.1) is 6.10 Å². The fourth-order valence-electron chi connectivity index (χ4n) is 4.15. The molecule has 2 nitrogen and oxygen atoms in total. The largest absolute Gasteiger partial charge is 0.488 e. The van der Waals surface area contributed by atoms with E-state index in [0.717, 1.165) is 33.3 Å². The normalized spacial score (nSPS) is 14.7. The summed E-state index contributed by atoms with van der Waals surface area (Å²) >= 11 is 0. The van der Waals surface area contributed by atoms with Gasteiger partial charge in [0.2, 0.25) is 0 Å². The van der Waals surface area contributed by atoms with E-state index in [4.69, 9.17) is 4.74 Å². The smallest absolute Gasteiger partial charge is 0.127 e. The van der Waals surface area contributed by atoms with Gasteiger partial charge in [-0.05, 0) is 60.7 Å². The second-order valence-electron chi connectivity index (χ2n) is 10.5. The first kappa shape index (κ1) is 26.2. The Morgan fingerprint density at radius 2 is 1.62 bits per heavy atom. The Balaban J connectivity index is 2.17. The maximum Gasteiger partial charge on any atom is 0.127 e. The molecule has 34 heavy (non-hydrogen) atoms. The Morgan fingerprint density at radius 1 is 1.00 bits per heavy atom. The molecule has 0 heterocycles. The molecule has 0 bridgehead atoms.